The number of carbonyl (C=O) groups excluding carboxylic acids is 1. The summed E-state index contributed by atoms with van der Waals surface area (Å²) in [5.41, 5.74) is 8.63. The fourth-order valence-corrected chi connectivity index (χ4v) is 3.40. The molecule has 2 atom stereocenters. The van der Waals surface area contributed by atoms with Crippen molar-refractivity contribution in [1.29, 1.82) is 0 Å². The van der Waals surface area contributed by atoms with Crippen LogP contribution in [0, 0.1) is 11.8 Å². The summed E-state index contributed by atoms with van der Waals surface area (Å²) >= 11 is 0. The van der Waals surface area contributed by atoms with Crippen molar-refractivity contribution in [2.24, 2.45) is 17.6 Å². The Labute approximate surface area is 122 Å². The highest BCUT2D eigenvalue weighted by atomic mass is 16.1. The van der Waals surface area contributed by atoms with Gasteiger partial charge in [-0.05, 0) is 48.6 Å². The number of aryl methyl sites for hydroxylation is 1. The van der Waals surface area contributed by atoms with Crippen molar-refractivity contribution < 1.29 is 4.79 Å². The van der Waals surface area contributed by atoms with Crippen LogP contribution in [0.2, 0.25) is 0 Å². The predicted octanol–water partition coefficient (Wildman–Crippen LogP) is 3.69. The van der Waals surface area contributed by atoms with E-state index in [0.717, 1.165) is 19.3 Å². The summed E-state index contributed by atoms with van der Waals surface area (Å²) in [6.07, 6.45) is 5.09. The lowest BCUT2D eigenvalue weighted by molar-refractivity contribution is -0.123. The Morgan fingerprint density at radius 2 is 2.10 bits per heavy atom. The van der Waals surface area contributed by atoms with Crippen molar-refractivity contribution >= 4 is 5.78 Å². The Morgan fingerprint density at radius 3 is 2.80 bits per heavy atom. The predicted molar refractivity (Wildman–Crippen MR) is 83.7 cm³/mol. The molecule has 1 aliphatic rings. The lowest BCUT2D eigenvalue weighted by atomic mass is 9.78. The smallest absolute Gasteiger partial charge is 0.137 e. The van der Waals surface area contributed by atoms with Gasteiger partial charge in [-0.15, -0.1) is 0 Å². The Kier molecular flexibility index (Phi) is 5.36. The SMILES string of the molecule is CC(C)CC(CN)C(=O)CC1CCCc2ccccc21. The van der Waals surface area contributed by atoms with Gasteiger partial charge in [-0.25, -0.2) is 0 Å². The monoisotopic (exact) mass is 273 g/mol. The van der Waals surface area contributed by atoms with Crippen LogP contribution in [0.3, 0.4) is 0 Å². The molecule has 2 heteroatoms. The minimum absolute atomic E-state index is 0.0455. The van der Waals surface area contributed by atoms with E-state index in [1.165, 1.54) is 17.5 Å². The van der Waals surface area contributed by atoms with E-state index in [2.05, 4.69) is 38.1 Å². The number of benzene rings is 1. The molecule has 0 aromatic heterocycles. The van der Waals surface area contributed by atoms with Gasteiger partial charge in [0.2, 0.25) is 0 Å². The van der Waals surface area contributed by atoms with E-state index < -0.39 is 0 Å². The molecule has 20 heavy (non-hydrogen) atoms. The van der Waals surface area contributed by atoms with E-state index in [-0.39, 0.29) is 5.92 Å². The minimum atomic E-state index is 0.0455. The van der Waals surface area contributed by atoms with E-state index in [9.17, 15) is 4.79 Å². The number of hydrogen-bond donors (Lipinski definition) is 1. The second-order valence-corrected chi connectivity index (χ2v) is 6.52. The average molecular weight is 273 g/mol. The zero-order chi connectivity index (χ0) is 14.5. The summed E-state index contributed by atoms with van der Waals surface area (Å²) in [5.74, 6) is 1.35. The maximum atomic E-state index is 12.5. The maximum Gasteiger partial charge on any atom is 0.137 e. The molecule has 2 unspecified atom stereocenters. The molecule has 0 saturated carbocycles. The first-order valence-electron chi connectivity index (χ1n) is 7.92. The molecule has 110 valence electrons. The number of hydrogen-bond acceptors (Lipinski definition) is 2. The maximum absolute atomic E-state index is 12.5. The van der Waals surface area contributed by atoms with Crippen LogP contribution in [0.4, 0.5) is 0 Å². The third-order valence-electron chi connectivity index (χ3n) is 4.44. The van der Waals surface area contributed by atoms with E-state index >= 15 is 0 Å². The van der Waals surface area contributed by atoms with Gasteiger partial charge in [0.05, 0.1) is 0 Å². The van der Waals surface area contributed by atoms with Crippen LogP contribution < -0.4 is 5.73 Å². The Hall–Kier alpha value is -1.15. The summed E-state index contributed by atoms with van der Waals surface area (Å²) in [7, 11) is 0. The molecule has 0 saturated heterocycles. The summed E-state index contributed by atoms with van der Waals surface area (Å²) in [6, 6.07) is 8.60. The molecule has 0 amide bonds. The first kappa shape index (κ1) is 15.2. The van der Waals surface area contributed by atoms with Crippen LogP contribution >= 0.6 is 0 Å². The standard InChI is InChI=1S/C18H27NO/c1-13(2)10-16(12-19)18(20)11-15-8-5-7-14-6-3-4-9-17(14)15/h3-4,6,9,13,15-16H,5,7-8,10-12,19H2,1-2H3. The summed E-state index contributed by atoms with van der Waals surface area (Å²) in [5, 5.41) is 0. The van der Waals surface area contributed by atoms with Gasteiger partial charge in [-0.3, -0.25) is 4.79 Å². The fourth-order valence-electron chi connectivity index (χ4n) is 3.40. The minimum Gasteiger partial charge on any atom is -0.330 e. The van der Waals surface area contributed by atoms with Crippen LogP contribution in [0.25, 0.3) is 0 Å². The van der Waals surface area contributed by atoms with Crippen molar-refractivity contribution in [2.75, 3.05) is 6.54 Å². The number of ketones is 1. The Bertz CT molecular complexity index is 452. The average Bonchev–Trinajstić information content (AvgIpc) is 2.45. The van der Waals surface area contributed by atoms with Crippen LogP contribution in [0.5, 0.6) is 0 Å². The normalized spacial score (nSPS) is 19.7. The molecule has 2 N–H and O–H groups in total. The van der Waals surface area contributed by atoms with Crippen molar-refractivity contribution in [3.63, 3.8) is 0 Å². The molecule has 0 heterocycles. The molecule has 1 aromatic rings. The molecular weight excluding hydrogens is 246 g/mol. The van der Waals surface area contributed by atoms with Crippen molar-refractivity contribution in [2.45, 2.75) is 51.9 Å². The zero-order valence-electron chi connectivity index (χ0n) is 12.8. The first-order chi connectivity index (χ1) is 9.61. The van der Waals surface area contributed by atoms with Crippen molar-refractivity contribution in [3.05, 3.63) is 35.4 Å². The second kappa shape index (κ2) is 7.03. The van der Waals surface area contributed by atoms with Gasteiger partial charge in [0.25, 0.3) is 0 Å². The van der Waals surface area contributed by atoms with Gasteiger partial charge in [-0.1, -0.05) is 38.1 Å². The third-order valence-corrected chi connectivity index (χ3v) is 4.44. The van der Waals surface area contributed by atoms with Crippen LogP contribution in [-0.2, 0) is 11.2 Å². The molecule has 0 spiro atoms. The van der Waals surface area contributed by atoms with E-state index in [1.807, 2.05) is 0 Å². The first-order valence-corrected chi connectivity index (χ1v) is 7.92. The number of Topliss-reactive ketones (excluding diaryl/α,β-unsaturated/α-hetero) is 1. The number of carbonyl (C=O) groups is 1. The highest BCUT2D eigenvalue weighted by molar-refractivity contribution is 5.82. The van der Waals surface area contributed by atoms with Gasteiger partial charge in [-0.2, -0.15) is 0 Å². The summed E-state index contributed by atoms with van der Waals surface area (Å²) < 4.78 is 0. The summed E-state index contributed by atoms with van der Waals surface area (Å²) in [4.78, 5) is 12.5. The largest absolute Gasteiger partial charge is 0.330 e. The molecule has 0 radical (unpaired) electrons. The van der Waals surface area contributed by atoms with E-state index in [4.69, 9.17) is 5.73 Å². The number of rotatable bonds is 6. The molecule has 0 fully saturated rings. The highest BCUT2D eigenvalue weighted by Gasteiger charge is 2.26. The molecule has 0 aliphatic heterocycles. The Morgan fingerprint density at radius 1 is 1.35 bits per heavy atom. The fraction of sp³-hybridized carbons (Fsp3) is 0.611. The lowest BCUT2D eigenvalue weighted by Gasteiger charge is -2.26. The third kappa shape index (κ3) is 3.69. The summed E-state index contributed by atoms with van der Waals surface area (Å²) in [6.45, 7) is 4.81. The van der Waals surface area contributed by atoms with E-state index in [1.54, 1.807) is 0 Å². The molecule has 0 bridgehead atoms. The van der Waals surface area contributed by atoms with Gasteiger partial charge in [0.15, 0.2) is 0 Å². The zero-order valence-corrected chi connectivity index (χ0v) is 12.8. The van der Waals surface area contributed by atoms with Crippen LogP contribution in [0.1, 0.15) is 56.6 Å². The molecule has 2 rings (SSSR count). The molecular formula is C18H27NO. The number of fused-ring (bicyclic) bond motifs is 1. The van der Waals surface area contributed by atoms with Gasteiger partial charge in [0, 0.05) is 18.9 Å². The second-order valence-electron chi connectivity index (χ2n) is 6.52. The van der Waals surface area contributed by atoms with Gasteiger partial charge in [0.1, 0.15) is 5.78 Å². The van der Waals surface area contributed by atoms with Crippen LogP contribution in [-0.4, -0.2) is 12.3 Å². The van der Waals surface area contributed by atoms with Crippen molar-refractivity contribution in [1.82, 2.24) is 0 Å². The topological polar surface area (TPSA) is 43.1 Å². The lowest BCUT2D eigenvalue weighted by Crippen LogP contribution is -2.27. The van der Waals surface area contributed by atoms with E-state index in [0.29, 0.717) is 30.6 Å². The molecule has 2 nitrogen and oxygen atoms in total. The Balaban J connectivity index is 2.05. The quantitative estimate of drug-likeness (QED) is 0.859. The highest BCUT2D eigenvalue weighted by Crippen LogP contribution is 2.34. The van der Waals surface area contributed by atoms with Crippen molar-refractivity contribution in [3.8, 4) is 0 Å². The molecule has 1 aromatic carbocycles. The molecule has 1 aliphatic carbocycles. The van der Waals surface area contributed by atoms with Gasteiger partial charge < -0.3 is 5.73 Å². The number of nitrogens with two attached hydrogens (primary N) is 1. The van der Waals surface area contributed by atoms with Crippen LogP contribution in [0.15, 0.2) is 24.3 Å². The van der Waals surface area contributed by atoms with Gasteiger partial charge >= 0.3 is 0 Å².